The third-order valence-electron chi connectivity index (χ3n) is 4.30. The number of carbonyl (C=O) groups excluding carboxylic acids is 2. The predicted octanol–water partition coefficient (Wildman–Crippen LogP) is 4.70. The third-order valence-corrected chi connectivity index (χ3v) is 4.62. The highest BCUT2D eigenvalue weighted by atomic mass is 35.5. The summed E-state index contributed by atoms with van der Waals surface area (Å²) in [4.78, 5) is 25.7. The Morgan fingerprint density at radius 1 is 1.04 bits per heavy atom. The summed E-state index contributed by atoms with van der Waals surface area (Å²) in [5, 5.41) is 2.46. The molecule has 0 saturated carbocycles. The molecule has 0 heterocycles. The third kappa shape index (κ3) is 4.18. The summed E-state index contributed by atoms with van der Waals surface area (Å²) in [7, 11) is 0. The molecule has 3 aromatic rings. The van der Waals surface area contributed by atoms with E-state index >= 15 is 0 Å². The van der Waals surface area contributed by atoms with E-state index in [2.05, 4.69) is 12.6 Å². The second-order valence-electron chi connectivity index (χ2n) is 6.18. The Bertz CT molecular complexity index is 1030. The molecule has 0 aliphatic rings. The lowest BCUT2D eigenvalue weighted by molar-refractivity contribution is -0.117. The summed E-state index contributed by atoms with van der Waals surface area (Å²) in [5.74, 6) is -0.717. The lowest BCUT2D eigenvalue weighted by Gasteiger charge is -2.23. The van der Waals surface area contributed by atoms with Gasteiger partial charge < -0.3 is 10.6 Å². The highest BCUT2D eigenvalue weighted by Crippen LogP contribution is 2.26. The minimum atomic E-state index is -0.606. The monoisotopic (exact) mass is 378 g/mol. The van der Waals surface area contributed by atoms with E-state index < -0.39 is 5.91 Å². The van der Waals surface area contributed by atoms with E-state index in [1.54, 1.807) is 23.1 Å². The number of nitrogens with zero attached hydrogens (tertiary/aromatic N) is 1. The van der Waals surface area contributed by atoms with Crippen molar-refractivity contribution >= 4 is 39.9 Å². The molecule has 0 aliphatic heterocycles. The molecule has 0 atom stereocenters. The second-order valence-corrected chi connectivity index (χ2v) is 6.59. The standard InChI is InChI=1S/C22H19ClN2O2/c1-2-5-21(26)25(18-10-11-19(22(24)27)20(23)13-18)14-15-8-9-16-6-3-4-7-17(16)12-15/h2-4,6-13H,1,5,14H2,(H2,24,27). The summed E-state index contributed by atoms with van der Waals surface area (Å²) in [5.41, 5.74) is 7.12. The van der Waals surface area contributed by atoms with Crippen molar-refractivity contribution in [2.75, 3.05) is 4.90 Å². The minimum Gasteiger partial charge on any atom is -0.366 e. The van der Waals surface area contributed by atoms with Crippen molar-refractivity contribution in [3.05, 3.63) is 89.5 Å². The molecular weight excluding hydrogens is 360 g/mol. The van der Waals surface area contributed by atoms with E-state index in [0.29, 0.717) is 12.2 Å². The maximum absolute atomic E-state index is 12.7. The zero-order chi connectivity index (χ0) is 19.4. The van der Waals surface area contributed by atoms with Crippen molar-refractivity contribution in [1.82, 2.24) is 0 Å². The van der Waals surface area contributed by atoms with Gasteiger partial charge in [-0.1, -0.05) is 54.1 Å². The van der Waals surface area contributed by atoms with Gasteiger partial charge in [-0.15, -0.1) is 6.58 Å². The van der Waals surface area contributed by atoms with E-state index in [0.717, 1.165) is 16.3 Å². The van der Waals surface area contributed by atoms with Crippen LogP contribution in [0.25, 0.3) is 10.8 Å². The number of carbonyl (C=O) groups is 2. The molecule has 4 nitrogen and oxygen atoms in total. The van der Waals surface area contributed by atoms with E-state index in [1.807, 2.05) is 36.4 Å². The Morgan fingerprint density at radius 2 is 1.78 bits per heavy atom. The van der Waals surface area contributed by atoms with Gasteiger partial charge in [0.1, 0.15) is 0 Å². The van der Waals surface area contributed by atoms with Gasteiger partial charge in [-0.25, -0.2) is 0 Å². The molecule has 0 radical (unpaired) electrons. The zero-order valence-electron chi connectivity index (χ0n) is 14.7. The maximum atomic E-state index is 12.7. The highest BCUT2D eigenvalue weighted by Gasteiger charge is 2.17. The van der Waals surface area contributed by atoms with Crippen molar-refractivity contribution in [2.24, 2.45) is 5.73 Å². The number of primary amides is 1. The lowest BCUT2D eigenvalue weighted by atomic mass is 10.1. The van der Waals surface area contributed by atoms with Crippen LogP contribution in [0, 0.1) is 0 Å². The molecule has 2 N–H and O–H groups in total. The number of halogens is 1. The molecule has 3 rings (SSSR count). The lowest BCUT2D eigenvalue weighted by Crippen LogP contribution is -2.30. The number of hydrogen-bond acceptors (Lipinski definition) is 2. The molecule has 0 bridgehead atoms. The highest BCUT2D eigenvalue weighted by molar-refractivity contribution is 6.34. The SMILES string of the molecule is C=CCC(=O)N(Cc1ccc2ccccc2c1)c1ccc(C(N)=O)c(Cl)c1. The Labute approximate surface area is 162 Å². The van der Waals surface area contributed by atoms with Crippen LogP contribution < -0.4 is 10.6 Å². The normalized spacial score (nSPS) is 10.6. The van der Waals surface area contributed by atoms with Crippen molar-refractivity contribution in [1.29, 1.82) is 0 Å². The molecule has 2 amide bonds. The Balaban J connectivity index is 1.97. The molecule has 136 valence electrons. The summed E-state index contributed by atoms with van der Waals surface area (Å²) in [6.07, 6.45) is 1.76. The molecule has 0 aromatic heterocycles. The van der Waals surface area contributed by atoms with E-state index in [1.165, 1.54) is 6.07 Å². The quantitative estimate of drug-likeness (QED) is 0.632. The van der Waals surface area contributed by atoms with Gasteiger partial charge in [-0.3, -0.25) is 9.59 Å². The molecule has 3 aromatic carbocycles. The summed E-state index contributed by atoms with van der Waals surface area (Å²) >= 11 is 6.17. The largest absolute Gasteiger partial charge is 0.366 e. The number of anilines is 1. The minimum absolute atomic E-state index is 0.110. The number of rotatable bonds is 6. The van der Waals surface area contributed by atoms with Crippen LogP contribution in [-0.2, 0) is 11.3 Å². The fourth-order valence-electron chi connectivity index (χ4n) is 2.95. The smallest absolute Gasteiger partial charge is 0.250 e. The maximum Gasteiger partial charge on any atom is 0.250 e. The molecule has 0 spiro atoms. The van der Waals surface area contributed by atoms with E-state index in [4.69, 9.17) is 17.3 Å². The predicted molar refractivity (Wildman–Crippen MR) is 110 cm³/mol. The molecule has 27 heavy (non-hydrogen) atoms. The number of benzene rings is 3. The first-order chi connectivity index (χ1) is 13.0. The fraction of sp³-hybridized carbons (Fsp3) is 0.0909. The van der Waals surface area contributed by atoms with Gasteiger partial charge in [-0.2, -0.15) is 0 Å². The van der Waals surface area contributed by atoms with Crippen molar-refractivity contribution in [3.63, 3.8) is 0 Å². The zero-order valence-corrected chi connectivity index (χ0v) is 15.4. The first-order valence-electron chi connectivity index (χ1n) is 8.48. The van der Waals surface area contributed by atoms with Crippen LogP contribution in [0.3, 0.4) is 0 Å². The van der Waals surface area contributed by atoms with Crippen LogP contribution >= 0.6 is 11.6 Å². The van der Waals surface area contributed by atoms with Gasteiger partial charge in [0.05, 0.1) is 17.1 Å². The average Bonchev–Trinajstić information content (AvgIpc) is 2.65. The van der Waals surface area contributed by atoms with Crippen LogP contribution in [0.1, 0.15) is 22.3 Å². The summed E-state index contributed by atoms with van der Waals surface area (Å²) in [6.45, 7) is 4.02. The van der Waals surface area contributed by atoms with Gasteiger partial charge >= 0.3 is 0 Å². The van der Waals surface area contributed by atoms with Crippen molar-refractivity contribution < 1.29 is 9.59 Å². The first kappa shape index (κ1) is 18.7. The molecule has 5 heteroatoms. The fourth-order valence-corrected chi connectivity index (χ4v) is 3.22. The van der Waals surface area contributed by atoms with Gasteiger partial charge in [0.15, 0.2) is 0 Å². The van der Waals surface area contributed by atoms with Gasteiger partial charge in [0, 0.05) is 12.1 Å². The average molecular weight is 379 g/mol. The second kappa shape index (κ2) is 8.06. The number of amides is 2. The van der Waals surface area contributed by atoms with E-state index in [-0.39, 0.29) is 22.9 Å². The Morgan fingerprint density at radius 3 is 2.44 bits per heavy atom. The summed E-state index contributed by atoms with van der Waals surface area (Å²) in [6, 6.07) is 18.9. The molecule has 0 saturated heterocycles. The van der Waals surface area contributed by atoms with Gasteiger partial charge in [0.2, 0.25) is 11.8 Å². The van der Waals surface area contributed by atoms with E-state index in [9.17, 15) is 9.59 Å². The molecule has 0 aliphatic carbocycles. The van der Waals surface area contributed by atoms with Crippen LogP contribution in [0.4, 0.5) is 5.69 Å². The van der Waals surface area contributed by atoms with Crippen LogP contribution in [0.2, 0.25) is 5.02 Å². The number of hydrogen-bond donors (Lipinski definition) is 1. The van der Waals surface area contributed by atoms with Gasteiger partial charge in [-0.05, 0) is 40.6 Å². The molecule has 0 fully saturated rings. The molecular formula is C22H19ClN2O2. The van der Waals surface area contributed by atoms with Crippen LogP contribution in [0.5, 0.6) is 0 Å². The number of fused-ring (bicyclic) bond motifs is 1. The Hall–Kier alpha value is -3.11. The Kier molecular flexibility index (Phi) is 5.57. The molecule has 0 unspecified atom stereocenters. The number of nitrogens with two attached hydrogens (primary N) is 1. The summed E-state index contributed by atoms with van der Waals surface area (Å²) < 4.78 is 0. The van der Waals surface area contributed by atoms with Gasteiger partial charge in [0.25, 0.3) is 0 Å². The van der Waals surface area contributed by atoms with Crippen molar-refractivity contribution in [2.45, 2.75) is 13.0 Å². The van der Waals surface area contributed by atoms with Crippen LogP contribution in [0.15, 0.2) is 73.3 Å². The van der Waals surface area contributed by atoms with Crippen LogP contribution in [-0.4, -0.2) is 11.8 Å². The topological polar surface area (TPSA) is 63.4 Å². The first-order valence-corrected chi connectivity index (χ1v) is 8.85. The van der Waals surface area contributed by atoms with Crippen molar-refractivity contribution in [3.8, 4) is 0 Å².